The molecule has 0 atom stereocenters. The molecule has 0 aliphatic rings. The molecule has 0 spiro atoms. The first-order valence-corrected chi connectivity index (χ1v) is 7.74. The molecule has 120 valence electrons. The lowest BCUT2D eigenvalue weighted by molar-refractivity contribution is 0.393. The minimum Gasteiger partial charge on any atom is -0.361 e. The highest BCUT2D eigenvalue weighted by atomic mass is 19.1. The lowest BCUT2D eigenvalue weighted by Gasteiger charge is -2.07. The van der Waals surface area contributed by atoms with Crippen LogP contribution in [0.2, 0.25) is 0 Å². The van der Waals surface area contributed by atoms with Gasteiger partial charge in [0.1, 0.15) is 11.6 Å². The lowest BCUT2D eigenvalue weighted by Crippen LogP contribution is -1.98. The normalized spacial score (nSPS) is 11.3. The molecule has 4 rings (SSSR count). The molecule has 4 aromatic rings. The maximum absolute atomic E-state index is 13.1. The fraction of sp³-hybridized carbons (Fsp3) is 0.158. The summed E-state index contributed by atoms with van der Waals surface area (Å²) >= 11 is 0. The second-order valence-electron chi connectivity index (χ2n) is 5.90. The SMILES string of the molecule is Cc1noc(C)c1-c1cnc2ccn(Cc3ccc(F)cc3)c2c1. The van der Waals surface area contributed by atoms with Crippen LogP contribution in [0.5, 0.6) is 0 Å². The van der Waals surface area contributed by atoms with Gasteiger partial charge in [-0.05, 0) is 43.7 Å². The Kier molecular flexibility index (Phi) is 3.41. The summed E-state index contributed by atoms with van der Waals surface area (Å²) in [6.45, 7) is 4.49. The zero-order valence-electron chi connectivity index (χ0n) is 13.5. The first-order valence-electron chi connectivity index (χ1n) is 7.74. The molecule has 0 aliphatic carbocycles. The average Bonchev–Trinajstić information content (AvgIpc) is 3.13. The van der Waals surface area contributed by atoms with Crippen molar-refractivity contribution in [2.24, 2.45) is 0 Å². The summed E-state index contributed by atoms with van der Waals surface area (Å²) in [7, 11) is 0. The average molecular weight is 321 g/mol. The van der Waals surface area contributed by atoms with Gasteiger partial charge in [0.05, 0.1) is 16.7 Å². The Hall–Kier alpha value is -2.95. The molecular formula is C19H16FN3O. The van der Waals surface area contributed by atoms with Crippen LogP contribution < -0.4 is 0 Å². The lowest BCUT2D eigenvalue weighted by atomic mass is 10.1. The number of rotatable bonds is 3. The Labute approximate surface area is 138 Å². The quantitative estimate of drug-likeness (QED) is 0.558. The van der Waals surface area contributed by atoms with Crippen molar-refractivity contribution in [1.29, 1.82) is 0 Å². The first-order chi connectivity index (χ1) is 11.6. The van der Waals surface area contributed by atoms with Crippen LogP contribution in [0.25, 0.3) is 22.2 Å². The largest absolute Gasteiger partial charge is 0.361 e. The third-order valence-corrected chi connectivity index (χ3v) is 4.21. The number of benzene rings is 1. The number of aromatic nitrogens is 3. The van der Waals surface area contributed by atoms with Crippen molar-refractivity contribution < 1.29 is 8.91 Å². The van der Waals surface area contributed by atoms with E-state index in [1.54, 1.807) is 12.1 Å². The minimum absolute atomic E-state index is 0.224. The van der Waals surface area contributed by atoms with E-state index in [1.165, 1.54) is 12.1 Å². The highest BCUT2D eigenvalue weighted by Gasteiger charge is 2.13. The van der Waals surface area contributed by atoms with E-state index in [4.69, 9.17) is 4.52 Å². The summed E-state index contributed by atoms with van der Waals surface area (Å²) in [5.74, 6) is 0.559. The predicted molar refractivity (Wildman–Crippen MR) is 90.2 cm³/mol. The van der Waals surface area contributed by atoms with Gasteiger partial charge in [0.25, 0.3) is 0 Å². The van der Waals surface area contributed by atoms with Gasteiger partial charge < -0.3 is 9.09 Å². The Bertz CT molecular complexity index is 995. The maximum Gasteiger partial charge on any atom is 0.141 e. The zero-order chi connectivity index (χ0) is 16.7. The standard InChI is InChI=1S/C19H16FN3O/c1-12-19(13(2)24-22-12)15-9-18-17(21-10-15)7-8-23(18)11-14-3-5-16(20)6-4-14/h3-10H,11H2,1-2H3. The molecule has 4 nitrogen and oxygen atoms in total. The fourth-order valence-corrected chi connectivity index (χ4v) is 3.02. The Morgan fingerprint density at radius 1 is 1.12 bits per heavy atom. The number of hydrogen-bond acceptors (Lipinski definition) is 3. The van der Waals surface area contributed by atoms with Gasteiger partial charge in [-0.2, -0.15) is 0 Å². The maximum atomic E-state index is 13.1. The highest BCUT2D eigenvalue weighted by Crippen LogP contribution is 2.29. The van der Waals surface area contributed by atoms with Crippen molar-refractivity contribution in [3.63, 3.8) is 0 Å². The molecule has 0 fully saturated rings. The van der Waals surface area contributed by atoms with E-state index in [-0.39, 0.29) is 5.82 Å². The van der Waals surface area contributed by atoms with Crippen LogP contribution in [0.1, 0.15) is 17.0 Å². The molecule has 3 heterocycles. The van der Waals surface area contributed by atoms with Crippen LogP contribution in [-0.2, 0) is 6.54 Å². The predicted octanol–water partition coefficient (Wildman–Crippen LogP) is 4.50. The Morgan fingerprint density at radius 2 is 1.92 bits per heavy atom. The van der Waals surface area contributed by atoms with E-state index >= 15 is 0 Å². The highest BCUT2D eigenvalue weighted by molar-refractivity contribution is 5.82. The van der Waals surface area contributed by atoms with Crippen molar-refractivity contribution in [3.05, 3.63) is 71.6 Å². The van der Waals surface area contributed by atoms with Crippen LogP contribution in [0.15, 0.2) is 53.3 Å². The van der Waals surface area contributed by atoms with Crippen molar-refractivity contribution in [3.8, 4) is 11.1 Å². The van der Waals surface area contributed by atoms with E-state index in [2.05, 4.69) is 20.8 Å². The number of aryl methyl sites for hydroxylation is 2. The summed E-state index contributed by atoms with van der Waals surface area (Å²) in [4.78, 5) is 4.55. The first kappa shape index (κ1) is 14.6. The van der Waals surface area contributed by atoms with E-state index < -0.39 is 0 Å². The van der Waals surface area contributed by atoms with Crippen molar-refractivity contribution in [2.45, 2.75) is 20.4 Å². The molecule has 0 amide bonds. The third-order valence-electron chi connectivity index (χ3n) is 4.21. The molecule has 3 aromatic heterocycles. The van der Waals surface area contributed by atoms with Gasteiger partial charge in [-0.25, -0.2) is 4.39 Å². The van der Waals surface area contributed by atoms with Crippen molar-refractivity contribution in [2.75, 3.05) is 0 Å². The van der Waals surface area contributed by atoms with Crippen LogP contribution >= 0.6 is 0 Å². The summed E-state index contributed by atoms with van der Waals surface area (Å²) in [5, 5.41) is 4.01. The molecule has 1 aromatic carbocycles. The van der Waals surface area contributed by atoms with Gasteiger partial charge in [-0.15, -0.1) is 0 Å². The summed E-state index contributed by atoms with van der Waals surface area (Å²) in [5.41, 5.74) is 5.81. The van der Waals surface area contributed by atoms with Gasteiger partial charge in [-0.1, -0.05) is 17.3 Å². The topological polar surface area (TPSA) is 43.9 Å². The van der Waals surface area contributed by atoms with E-state index in [0.29, 0.717) is 6.54 Å². The number of hydrogen-bond donors (Lipinski definition) is 0. The summed E-state index contributed by atoms with van der Waals surface area (Å²) in [6.07, 6.45) is 3.84. The second kappa shape index (κ2) is 5.60. The number of fused-ring (bicyclic) bond motifs is 1. The monoisotopic (exact) mass is 321 g/mol. The van der Waals surface area contributed by atoms with E-state index in [1.807, 2.05) is 32.3 Å². The number of pyridine rings is 1. The molecule has 0 N–H and O–H groups in total. The van der Waals surface area contributed by atoms with Crippen molar-refractivity contribution in [1.82, 2.24) is 14.7 Å². The molecule has 0 bridgehead atoms. The fourth-order valence-electron chi connectivity index (χ4n) is 3.02. The van der Waals surface area contributed by atoms with Crippen LogP contribution in [-0.4, -0.2) is 14.7 Å². The molecule has 0 radical (unpaired) electrons. The van der Waals surface area contributed by atoms with Gasteiger partial charge in [0.2, 0.25) is 0 Å². The van der Waals surface area contributed by atoms with Crippen molar-refractivity contribution >= 4 is 11.0 Å². The van der Waals surface area contributed by atoms with Crippen LogP contribution in [0.4, 0.5) is 4.39 Å². The summed E-state index contributed by atoms with van der Waals surface area (Å²) < 4.78 is 20.4. The molecule has 0 saturated carbocycles. The Balaban J connectivity index is 1.77. The second-order valence-corrected chi connectivity index (χ2v) is 5.90. The Morgan fingerprint density at radius 3 is 2.62 bits per heavy atom. The molecule has 0 saturated heterocycles. The molecule has 5 heteroatoms. The van der Waals surface area contributed by atoms with Gasteiger partial charge in [-0.3, -0.25) is 4.98 Å². The molecular weight excluding hydrogens is 305 g/mol. The minimum atomic E-state index is -0.224. The van der Waals surface area contributed by atoms with Gasteiger partial charge in [0.15, 0.2) is 0 Å². The molecule has 0 aliphatic heterocycles. The van der Waals surface area contributed by atoms with E-state index in [0.717, 1.165) is 39.2 Å². The smallest absolute Gasteiger partial charge is 0.141 e. The number of nitrogens with zero attached hydrogens (tertiary/aromatic N) is 3. The summed E-state index contributed by atoms with van der Waals surface area (Å²) in [6, 6.07) is 10.6. The zero-order valence-corrected chi connectivity index (χ0v) is 13.5. The van der Waals surface area contributed by atoms with Crippen LogP contribution in [0, 0.1) is 19.7 Å². The molecule has 24 heavy (non-hydrogen) atoms. The number of halogens is 1. The van der Waals surface area contributed by atoms with Gasteiger partial charge in [0, 0.05) is 30.1 Å². The third kappa shape index (κ3) is 2.48. The van der Waals surface area contributed by atoms with Crippen LogP contribution in [0.3, 0.4) is 0 Å². The van der Waals surface area contributed by atoms with Gasteiger partial charge >= 0.3 is 0 Å². The molecule has 0 unspecified atom stereocenters. The van der Waals surface area contributed by atoms with E-state index in [9.17, 15) is 4.39 Å².